The first-order valence-electron chi connectivity index (χ1n) is 7.68. The van der Waals surface area contributed by atoms with Crippen LogP contribution in [0.2, 0.25) is 0 Å². The fraction of sp³-hybridized carbons (Fsp3) is 0.158. The highest BCUT2D eigenvalue weighted by Gasteiger charge is 2.05. The van der Waals surface area contributed by atoms with Crippen LogP contribution in [0.15, 0.2) is 54.6 Å². The van der Waals surface area contributed by atoms with Crippen LogP contribution in [0.5, 0.6) is 11.5 Å². The molecule has 0 aliphatic rings. The van der Waals surface area contributed by atoms with Crippen LogP contribution in [0.4, 0.5) is 0 Å². The van der Waals surface area contributed by atoms with E-state index >= 15 is 0 Å². The number of hydrazine groups is 1. The van der Waals surface area contributed by atoms with Crippen LogP contribution < -0.4 is 20.3 Å². The number of hydrogen-bond donors (Lipinski definition) is 2. The Balaban J connectivity index is 1.78. The Kier molecular flexibility index (Phi) is 6.59. The molecule has 0 fully saturated rings. The molecule has 2 aromatic carbocycles. The van der Waals surface area contributed by atoms with Gasteiger partial charge in [0, 0.05) is 11.6 Å². The number of rotatable bonds is 6. The molecule has 0 aromatic heterocycles. The van der Waals surface area contributed by atoms with Crippen molar-refractivity contribution in [3.8, 4) is 11.5 Å². The van der Waals surface area contributed by atoms with Crippen LogP contribution in [-0.2, 0) is 9.59 Å². The fourth-order valence-corrected chi connectivity index (χ4v) is 2.04. The molecular weight excluding hydrogens is 320 g/mol. The lowest BCUT2D eigenvalue weighted by molar-refractivity contribution is -0.128. The van der Waals surface area contributed by atoms with Gasteiger partial charge in [-0.15, -0.1) is 0 Å². The van der Waals surface area contributed by atoms with Gasteiger partial charge in [0.1, 0.15) is 11.5 Å². The molecule has 2 aromatic rings. The van der Waals surface area contributed by atoms with Gasteiger partial charge < -0.3 is 9.47 Å². The molecule has 25 heavy (non-hydrogen) atoms. The zero-order chi connectivity index (χ0) is 18.1. The normalized spacial score (nSPS) is 10.3. The Morgan fingerprint density at radius 2 is 1.68 bits per heavy atom. The second kappa shape index (κ2) is 9.12. The Hall–Kier alpha value is -3.28. The first kappa shape index (κ1) is 18.1. The van der Waals surface area contributed by atoms with Crippen molar-refractivity contribution < 1.29 is 19.1 Å². The van der Waals surface area contributed by atoms with Crippen molar-refractivity contribution in [3.63, 3.8) is 0 Å². The van der Waals surface area contributed by atoms with Gasteiger partial charge in [-0.2, -0.15) is 0 Å². The zero-order valence-corrected chi connectivity index (χ0v) is 14.1. The van der Waals surface area contributed by atoms with Gasteiger partial charge in [0.15, 0.2) is 6.61 Å². The smallest absolute Gasteiger partial charge is 0.276 e. The van der Waals surface area contributed by atoms with Gasteiger partial charge in [0.25, 0.3) is 11.8 Å². The predicted octanol–water partition coefficient (Wildman–Crippen LogP) is 2.24. The number of benzene rings is 2. The molecule has 0 saturated heterocycles. The molecule has 6 heteroatoms. The molecule has 0 spiro atoms. The number of nitrogens with one attached hydrogen (secondary N) is 2. The molecule has 0 saturated carbocycles. The Labute approximate surface area is 146 Å². The van der Waals surface area contributed by atoms with Crippen LogP contribution in [0.3, 0.4) is 0 Å². The quantitative estimate of drug-likeness (QED) is 0.625. The van der Waals surface area contributed by atoms with Crippen LogP contribution in [-0.4, -0.2) is 25.5 Å². The SMILES string of the molecule is COc1ccccc1C=CC(=O)NNC(=O)COc1ccccc1C. The Bertz CT molecular complexity index is 772. The van der Waals surface area contributed by atoms with E-state index in [0.717, 1.165) is 11.1 Å². The summed E-state index contributed by atoms with van der Waals surface area (Å²) in [4.78, 5) is 23.5. The molecule has 0 aliphatic heterocycles. The van der Waals surface area contributed by atoms with Gasteiger partial charge in [0.05, 0.1) is 7.11 Å². The lowest BCUT2D eigenvalue weighted by atomic mass is 10.2. The Morgan fingerprint density at radius 1 is 1.00 bits per heavy atom. The molecule has 6 nitrogen and oxygen atoms in total. The van der Waals surface area contributed by atoms with Crippen molar-refractivity contribution in [1.82, 2.24) is 10.9 Å². The van der Waals surface area contributed by atoms with E-state index in [1.54, 1.807) is 25.3 Å². The van der Waals surface area contributed by atoms with Gasteiger partial charge in [-0.1, -0.05) is 36.4 Å². The van der Waals surface area contributed by atoms with E-state index in [1.165, 1.54) is 6.08 Å². The maximum atomic E-state index is 11.8. The minimum absolute atomic E-state index is 0.193. The summed E-state index contributed by atoms with van der Waals surface area (Å²) in [5.41, 5.74) is 6.27. The average molecular weight is 340 g/mol. The number of methoxy groups -OCH3 is 1. The van der Waals surface area contributed by atoms with E-state index in [9.17, 15) is 9.59 Å². The predicted molar refractivity (Wildman–Crippen MR) is 95.0 cm³/mol. The number of hydrogen-bond acceptors (Lipinski definition) is 4. The van der Waals surface area contributed by atoms with Crippen LogP contribution in [0.1, 0.15) is 11.1 Å². The number of aryl methyl sites for hydroxylation is 1. The third kappa shape index (κ3) is 5.69. The highest BCUT2D eigenvalue weighted by atomic mass is 16.5. The first-order chi connectivity index (χ1) is 12.1. The molecule has 130 valence electrons. The van der Waals surface area contributed by atoms with Crippen LogP contribution in [0, 0.1) is 6.92 Å². The largest absolute Gasteiger partial charge is 0.496 e. The molecule has 2 rings (SSSR count). The van der Waals surface area contributed by atoms with Crippen molar-refractivity contribution in [1.29, 1.82) is 0 Å². The van der Waals surface area contributed by atoms with Crippen molar-refractivity contribution >= 4 is 17.9 Å². The summed E-state index contributed by atoms with van der Waals surface area (Å²) < 4.78 is 10.6. The third-order valence-corrected chi connectivity index (χ3v) is 3.33. The maximum Gasteiger partial charge on any atom is 0.276 e. The van der Waals surface area contributed by atoms with Crippen LogP contribution in [0.25, 0.3) is 6.08 Å². The minimum atomic E-state index is -0.463. The second-order valence-corrected chi connectivity index (χ2v) is 5.17. The standard InChI is InChI=1S/C19H20N2O4/c1-14-7-3-5-9-16(14)25-13-19(23)21-20-18(22)12-11-15-8-4-6-10-17(15)24-2/h3-12H,13H2,1-2H3,(H,20,22)(H,21,23). The molecule has 2 N–H and O–H groups in total. The minimum Gasteiger partial charge on any atom is -0.496 e. The van der Waals surface area contributed by atoms with Crippen molar-refractivity contribution in [2.24, 2.45) is 0 Å². The number of para-hydroxylation sites is 2. The lowest BCUT2D eigenvalue weighted by Gasteiger charge is -2.09. The molecule has 0 unspecified atom stereocenters. The van der Waals surface area contributed by atoms with Crippen molar-refractivity contribution in [2.75, 3.05) is 13.7 Å². The maximum absolute atomic E-state index is 11.8. The number of ether oxygens (including phenoxy) is 2. The van der Waals surface area contributed by atoms with Gasteiger partial charge >= 0.3 is 0 Å². The van der Waals surface area contributed by atoms with E-state index in [1.807, 2.05) is 43.3 Å². The molecule has 0 atom stereocenters. The monoisotopic (exact) mass is 340 g/mol. The molecule has 0 bridgehead atoms. The molecule has 0 radical (unpaired) electrons. The van der Waals surface area contributed by atoms with Gasteiger partial charge in [0.2, 0.25) is 0 Å². The topological polar surface area (TPSA) is 76.7 Å². The number of carbonyl (C=O) groups excluding carboxylic acids is 2. The van der Waals surface area contributed by atoms with Crippen LogP contribution >= 0.6 is 0 Å². The highest BCUT2D eigenvalue weighted by molar-refractivity contribution is 5.93. The molecular formula is C19H20N2O4. The number of amides is 2. The van der Waals surface area contributed by atoms with E-state index in [-0.39, 0.29) is 6.61 Å². The van der Waals surface area contributed by atoms with E-state index < -0.39 is 11.8 Å². The molecule has 2 amide bonds. The molecule has 0 heterocycles. The van der Waals surface area contributed by atoms with Gasteiger partial charge in [-0.05, 0) is 30.7 Å². The lowest BCUT2D eigenvalue weighted by Crippen LogP contribution is -2.43. The summed E-state index contributed by atoms with van der Waals surface area (Å²) in [7, 11) is 1.56. The van der Waals surface area contributed by atoms with E-state index in [0.29, 0.717) is 11.5 Å². The van der Waals surface area contributed by atoms with Gasteiger partial charge in [-0.3, -0.25) is 20.4 Å². The van der Waals surface area contributed by atoms with E-state index in [4.69, 9.17) is 9.47 Å². The van der Waals surface area contributed by atoms with Crippen molar-refractivity contribution in [2.45, 2.75) is 6.92 Å². The number of carbonyl (C=O) groups is 2. The summed E-state index contributed by atoms with van der Waals surface area (Å²) in [6.45, 7) is 1.69. The van der Waals surface area contributed by atoms with E-state index in [2.05, 4.69) is 10.9 Å². The third-order valence-electron chi connectivity index (χ3n) is 3.33. The van der Waals surface area contributed by atoms with Crippen molar-refractivity contribution in [3.05, 3.63) is 65.7 Å². The summed E-state index contributed by atoms with van der Waals surface area (Å²) in [5.74, 6) is 0.361. The molecule has 0 aliphatic carbocycles. The Morgan fingerprint density at radius 3 is 2.40 bits per heavy atom. The summed E-state index contributed by atoms with van der Waals surface area (Å²) in [6, 6.07) is 14.7. The first-order valence-corrected chi connectivity index (χ1v) is 7.68. The highest BCUT2D eigenvalue weighted by Crippen LogP contribution is 2.18. The average Bonchev–Trinajstić information content (AvgIpc) is 2.64. The zero-order valence-electron chi connectivity index (χ0n) is 14.1. The summed E-state index contributed by atoms with van der Waals surface area (Å²) in [6.07, 6.45) is 2.91. The van der Waals surface area contributed by atoms with Gasteiger partial charge in [-0.25, -0.2) is 0 Å². The fourth-order valence-electron chi connectivity index (χ4n) is 2.04. The second-order valence-electron chi connectivity index (χ2n) is 5.17. The summed E-state index contributed by atoms with van der Waals surface area (Å²) >= 11 is 0. The summed E-state index contributed by atoms with van der Waals surface area (Å²) in [5, 5.41) is 0.